The highest BCUT2D eigenvalue weighted by Gasteiger charge is 2.10. The lowest BCUT2D eigenvalue weighted by Gasteiger charge is -2.14. The maximum Gasteiger partial charge on any atom is 0.176 e. The molecule has 4 heteroatoms. The average Bonchev–Trinajstić information content (AvgIpc) is 2.85. The SMILES string of the molecule is CCCc1ccc(C(=O)CN(C)Cc2cnn(C)c2)cc1. The maximum absolute atomic E-state index is 12.3. The van der Waals surface area contributed by atoms with Crippen LogP contribution in [0.15, 0.2) is 36.7 Å². The minimum absolute atomic E-state index is 0.157. The predicted molar refractivity (Wildman–Crippen MR) is 84.3 cm³/mol. The molecule has 0 bridgehead atoms. The van der Waals surface area contributed by atoms with Gasteiger partial charge in [0.05, 0.1) is 12.7 Å². The Morgan fingerprint density at radius 3 is 2.52 bits per heavy atom. The van der Waals surface area contributed by atoms with Crippen LogP contribution < -0.4 is 0 Å². The van der Waals surface area contributed by atoms with Crippen LogP contribution in [-0.2, 0) is 20.0 Å². The monoisotopic (exact) mass is 285 g/mol. The molecule has 0 amide bonds. The number of aromatic nitrogens is 2. The van der Waals surface area contributed by atoms with E-state index in [0.717, 1.165) is 30.5 Å². The van der Waals surface area contributed by atoms with E-state index in [-0.39, 0.29) is 5.78 Å². The van der Waals surface area contributed by atoms with Gasteiger partial charge in [-0.15, -0.1) is 0 Å². The molecular weight excluding hydrogens is 262 g/mol. The first kappa shape index (κ1) is 15.4. The molecule has 0 aliphatic carbocycles. The van der Waals surface area contributed by atoms with Gasteiger partial charge >= 0.3 is 0 Å². The first-order valence-corrected chi connectivity index (χ1v) is 7.36. The summed E-state index contributed by atoms with van der Waals surface area (Å²) in [5.74, 6) is 0.157. The third-order valence-corrected chi connectivity index (χ3v) is 3.44. The number of nitrogens with zero attached hydrogens (tertiary/aromatic N) is 3. The van der Waals surface area contributed by atoms with Crippen molar-refractivity contribution in [1.29, 1.82) is 0 Å². The average molecular weight is 285 g/mol. The fraction of sp³-hybridized carbons (Fsp3) is 0.412. The van der Waals surface area contributed by atoms with Crippen LogP contribution >= 0.6 is 0 Å². The van der Waals surface area contributed by atoms with Gasteiger partial charge in [0.25, 0.3) is 0 Å². The summed E-state index contributed by atoms with van der Waals surface area (Å²) in [6.07, 6.45) is 6.00. The van der Waals surface area contributed by atoms with Crippen molar-refractivity contribution in [3.05, 3.63) is 53.3 Å². The Hall–Kier alpha value is -1.94. The number of hydrogen-bond acceptors (Lipinski definition) is 3. The van der Waals surface area contributed by atoms with Crippen molar-refractivity contribution in [2.45, 2.75) is 26.3 Å². The minimum atomic E-state index is 0.157. The molecule has 0 unspecified atom stereocenters. The lowest BCUT2D eigenvalue weighted by molar-refractivity contribution is 0.0943. The number of hydrogen-bond donors (Lipinski definition) is 0. The van der Waals surface area contributed by atoms with Crippen LogP contribution in [0.5, 0.6) is 0 Å². The third kappa shape index (κ3) is 4.53. The topological polar surface area (TPSA) is 38.1 Å². The highest BCUT2D eigenvalue weighted by Crippen LogP contribution is 2.09. The summed E-state index contributed by atoms with van der Waals surface area (Å²) in [6, 6.07) is 7.98. The maximum atomic E-state index is 12.3. The number of benzene rings is 1. The standard InChI is InChI=1S/C17H23N3O/c1-4-5-14-6-8-16(9-7-14)17(21)13-19(2)11-15-10-18-20(3)12-15/h6-10,12H,4-5,11,13H2,1-3H3. The third-order valence-electron chi connectivity index (χ3n) is 3.44. The molecular formula is C17H23N3O. The van der Waals surface area contributed by atoms with Crippen molar-refractivity contribution in [1.82, 2.24) is 14.7 Å². The zero-order chi connectivity index (χ0) is 15.2. The van der Waals surface area contributed by atoms with Crippen LogP contribution in [0.1, 0.15) is 34.8 Å². The molecule has 1 aromatic heterocycles. The number of ketones is 1. The van der Waals surface area contributed by atoms with E-state index in [1.54, 1.807) is 4.68 Å². The van der Waals surface area contributed by atoms with Gasteiger partial charge in [-0.3, -0.25) is 14.4 Å². The Bertz CT molecular complexity index is 586. The summed E-state index contributed by atoms with van der Waals surface area (Å²) in [4.78, 5) is 14.3. The summed E-state index contributed by atoms with van der Waals surface area (Å²) in [7, 11) is 3.85. The van der Waals surface area contributed by atoms with Gasteiger partial charge in [0.2, 0.25) is 0 Å². The van der Waals surface area contributed by atoms with Crippen molar-refractivity contribution in [2.24, 2.45) is 7.05 Å². The van der Waals surface area contributed by atoms with Crippen molar-refractivity contribution >= 4 is 5.78 Å². The van der Waals surface area contributed by atoms with Gasteiger partial charge in [-0.25, -0.2) is 0 Å². The van der Waals surface area contributed by atoms with E-state index in [4.69, 9.17) is 0 Å². The van der Waals surface area contributed by atoms with Gasteiger partial charge in [-0.1, -0.05) is 37.6 Å². The molecule has 0 fully saturated rings. The Labute approximate surface area is 126 Å². The normalized spacial score (nSPS) is 11.0. The fourth-order valence-corrected chi connectivity index (χ4v) is 2.40. The molecule has 2 rings (SSSR count). The second-order valence-corrected chi connectivity index (χ2v) is 5.56. The highest BCUT2D eigenvalue weighted by molar-refractivity contribution is 5.97. The molecule has 1 heterocycles. The zero-order valence-electron chi connectivity index (χ0n) is 13.0. The van der Waals surface area contributed by atoms with E-state index in [9.17, 15) is 4.79 Å². The van der Waals surface area contributed by atoms with Gasteiger partial charge in [0, 0.05) is 30.9 Å². The smallest absolute Gasteiger partial charge is 0.176 e. The van der Waals surface area contributed by atoms with Crippen LogP contribution in [0.2, 0.25) is 0 Å². The summed E-state index contributed by atoms with van der Waals surface area (Å²) in [5, 5.41) is 4.14. The van der Waals surface area contributed by atoms with Gasteiger partial charge < -0.3 is 0 Å². The Balaban J connectivity index is 1.90. The minimum Gasteiger partial charge on any atom is -0.294 e. The Kier molecular flexibility index (Phi) is 5.28. The van der Waals surface area contributed by atoms with E-state index in [1.165, 1.54) is 5.56 Å². The second-order valence-electron chi connectivity index (χ2n) is 5.56. The fourth-order valence-electron chi connectivity index (χ4n) is 2.40. The summed E-state index contributed by atoms with van der Waals surface area (Å²) < 4.78 is 1.78. The van der Waals surface area contributed by atoms with Crippen molar-refractivity contribution in [3.8, 4) is 0 Å². The van der Waals surface area contributed by atoms with Crippen LogP contribution in [-0.4, -0.2) is 34.1 Å². The predicted octanol–water partition coefficient (Wildman–Crippen LogP) is 2.69. The summed E-state index contributed by atoms with van der Waals surface area (Å²) in [6.45, 7) is 3.31. The molecule has 0 atom stereocenters. The Morgan fingerprint density at radius 2 is 1.95 bits per heavy atom. The summed E-state index contributed by atoms with van der Waals surface area (Å²) in [5.41, 5.74) is 3.19. The number of Topliss-reactive ketones (excluding diaryl/α,β-unsaturated/α-hetero) is 1. The first-order chi connectivity index (χ1) is 10.1. The number of likely N-dealkylation sites (N-methyl/N-ethyl adjacent to an activating group) is 1. The van der Waals surface area contributed by atoms with E-state index in [0.29, 0.717) is 6.54 Å². The summed E-state index contributed by atoms with van der Waals surface area (Å²) >= 11 is 0. The number of aryl methyl sites for hydroxylation is 2. The van der Waals surface area contributed by atoms with Crippen molar-refractivity contribution < 1.29 is 4.79 Å². The lowest BCUT2D eigenvalue weighted by atomic mass is 10.1. The second kappa shape index (κ2) is 7.18. The Morgan fingerprint density at radius 1 is 1.24 bits per heavy atom. The van der Waals surface area contributed by atoms with Gasteiger partial charge in [0.1, 0.15) is 0 Å². The van der Waals surface area contributed by atoms with Crippen molar-refractivity contribution in [2.75, 3.05) is 13.6 Å². The first-order valence-electron chi connectivity index (χ1n) is 7.36. The molecule has 2 aromatic rings. The quantitative estimate of drug-likeness (QED) is 0.734. The van der Waals surface area contributed by atoms with Gasteiger partial charge in [0.15, 0.2) is 5.78 Å². The molecule has 0 N–H and O–H groups in total. The molecule has 0 aliphatic rings. The largest absolute Gasteiger partial charge is 0.294 e. The van der Waals surface area contributed by atoms with E-state index in [2.05, 4.69) is 24.2 Å². The van der Waals surface area contributed by atoms with Gasteiger partial charge in [-0.2, -0.15) is 5.10 Å². The molecule has 0 aliphatic heterocycles. The van der Waals surface area contributed by atoms with Crippen LogP contribution in [0.25, 0.3) is 0 Å². The van der Waals surface area contributed by atoms with Crippen LogP contribution in [0.3, 0.4) is 0 Å². The lowest BCUT2D eigenvalue weighted by Crippen LogP contribution is -2.25. The van der Waals surface area contributed by atoms with E-state index in [1.807, 2.05) is 43.5 Å². The molecule has 0 radical (unpaired) electrons. The van der Waals surface area contributed by atoms with E-state index >= 15 is 0 Å². The number of carbonyl (C=O) groups is 1. The number of rotatable bonds is 7. The van der Waals surface area contributed by atoms with E-state index < -0.39 is 0 Å². The number of carbonyl (C=O) groups excluding carboxylic acids is 1. The highest BCUT2D eigenvalue weighted by atomic mass is 16.1. The zero-order valence-corrected chi connectivity index (χ0v) is 13.0. The molecule has 112 valence electrons. The molecule has 1 aromatic carbocycles. The molecule has 0 saturated heterocycles. The molecule has 0 spiro atoms. The van der Waals surface area contributed by atoms with Crippen LogP contribution in [0, 0.1) is 0 Å². The molecule has 0 saturated carbocycles. The van der Waals surface area contributed by atoms with Gasteiger partial charge in [-0.05, 0) is 19.0 Å². The van der Waals surface area contributed by atoms with Crippen LogP contribution in [0.4, 0.5) is 0 Å². The van der Waals surface area contributed by atoms with Crippen molar-refractivity contribution in [3.63, 3.8) is 0 Å². The molecule has 4 nitrogen and oxygen atoms in total. The molecule has 21 heavy (non-hydrogen) atoms.